The molecule has 0 aliphatic heterocycles. The number of pyridine rings is 1. The first-order valence-electron chi connectivity index (χ1n) is 4.80. The van der Waals surface area contributed by atoms with Crippen LogP contribution in [0.1, 0.15) is 10.5 Å². The number of benzene rings is 1. The predicted molar refractivity (Wildman–Crippen MR) is 58.1 cm³/mol. The average Bonchev–Trinajstić information content (AvgIpc) is 2.30. The maximum Gasteiger partial charge on any atom is 0.267 e. The van der Waals surface area contributed by atoms with Crippen LogP contribution in [0.5, 0.6) is 0 Å². The highest BCUT2D eigenvalue weighted by atomic mass is 19.1. The number of carbonyl (C=O) groups is 1. The summed E-state index contributed by atoms with van der Waals surface area (Å²) in [4.78, 5) is 14.4. The van der Waals surface area contributed by atoms with Crippen LogP contribution >= 0.6 is 0 Å². The quantitative estimate of drug-likeness (QED) is 0.865. The minimum atomic E-state index is -0.789. The Hall–Kier alpha value is -2.30. The SMILES string of the molecule is NC(=O)c1cc(-c2ccccc2F)c(F)cn1. The van der Waals surface area contributed by atoms with Gasteiger partial charge in [-0.2, -0.15) is 0 Å². The molecule has 0 saturated carbocycles. The van der Waals surface area contributed by atoms with Gasteiger partial charge in [-0.05, 0) is 12.1 Å². The van der Waals surface area contributed by atoms with E-state index in [4.69, 9.17) is 5.73 Å². The van der Waals surface area contributed by atoms with Gasteiger partial charge in [0.25, 0.3) is 5.91 Å². The lowest BCUT2D eigenvalue weighted by Gasteiger charge is -2.05. The standard InChI is InChI=1S/C12H8F2N2O/c13-9-4-2-1-3-7(9)8-5-11(12(15)17)16-6-10(8)14/h1-6H,(H2,15,17). The van der Waals surface area contributed by atoms with Crippen LogP contribution in [0.2, 0.25) is 0 Å². The molecule has 0 atom stereocenters. The summed E-state index contributed by atoms with van der Waals surface area (Å²) in [7, 11) is 0. The van der Waals surface area contributed by atoms with Crippen LogP contribution in [-0.4, -0.2) is 10.9 Å². The topological polar surface area (TPSA) is 56.0 Å². The molecule has 3 nitrogen and oxygen atoms in total. The van der Waals surface area contributed by atoms with E-state index < -0.39 is 17.5 Å². The molecule has 1 aromatic heterocycles. The lowest BCUT2D eigenvalue weighted by atomic mass is 10.0. The van der Waals surface area contributed by atoms with Crippen molar-refractivity contribution in [2.45, 2.75) is 0 Å². The maximum atomic E-state index is 13.5. The molecule has 0 aliphatic carbocycles. The van der Waals surface area contributed by atoms with Crippen molar-refractivity contribution in [3.05, 3.63) is 53.9 Å². The number of halogens is 2. The number of hydrogen-bond acceptors (Lipinski definition) is 2. The van der Waals surface area contributed by atoms with E-state index in [0.717, 1.165) is 12.3 Å². The van der Waals surface area contributed by atoms with Gasteiger partial charge in [0.15, 0.2) is 0 Å². The molecule has 17 heavy (non-hydrogen) atoms. The van der Waals surface area contributed by atoms with Gasteiger partial charge in [0.05, 0.1) is 6.20 Å². The fraction of sp³-hybridized carbons (Fsp3) is 0. The molecule has 1 heterocycles. The summed E-state index contributed by atoms with van der Waals surface area (Å²) in [5.41, 5.74) is 4.95. The number of hydrogen-bond donors (Lipinski definition) is 1. The Kier molecular flexibility index (Phi) is 2.82. The highest BCUT2D eigenvalue weighted by Crippen LogP contribution is 2.25. The maximum absolute atomic E-state index is 13.5. The van der Waals surface area contributed by atoms with Crippen LogP contribution in [0, 0.1) is 11.6 Å². The third-order valence-corrected chi connectivity index (χ3v) is 2.27. The summed E-state index contributed by atoms with van der Waals surface area (Å²) in [5.74, 6) is -2.07. The van der Waals surface area contributed by atoms with Crippen molar-refractivity contribution < 1.29 is 13.6 Å². The summed E-state index contributed by atoms with van der Waals surface area (Å²) < 4.78 is 27.0. The number of aromatic nitrogens is 1. The van der Waals surface area contributed by atoms with Gasteiger partial charge in [-0.3, -0.25) is 4.79 Å². The van der Waals surface area contributed by atoms with Gasteiger partial charge in [0.2, 0.25) is 0 Å². The summed E-state index contributed by atoms with van der Waals surface area (Å²) in [5, 5.41) is 0. The highest BCUT2D eigenvalue weighted by Gasteiger charge is 2.13. The van der Waals surface area contributed by atoms with Gasteiger partial charge in [0.1, 0.15) is 17.3 Å². The molecular formula is C12H8F2N2O. The Bertz CT molecular complexity index is 584. The van der Waals surface area contributed by atoms with E-state index in [-0.39, 0.29) is 16.8 Å². The first-order valence-corrected chi connectivity index (χ1v) is 4.80. The number of nitrogens with zero attached hydrogens (tertiary/aromatic N) is 1. The molecule has 2 rings (SSSR count). The van der Waals surface area contributed by atoms with Gasteiger partial charge >= 0.3 is 0 Å². The average molecular weight is 234 g/mol. The Morgan fingerprint density at radius 1 is 1.12 bits per heavy atom. The zero-order chi connectivity index (χ0) is 12.4. The molecule has 2 aromatic rings. The molecule has 0 saturated heterocycles. The monoisotopic (exact) mass is 234 g/mol. The summed E-state index contributed by atoms with van der Waals surface area (Å²) >= 11 is 0. The lowest BCUT2D eigenvalue weighted by molar-refractivity contribution is 0.0995. The normalized spacial score (nSPS) is 10.2. The third-order valence-electron chi connectivity index (χ3n) is 2.27. The van der Waals surface area contributed by atoms with Gasteiger partial charge in [-0.15, -0.1) is 0 Å². The Morgan fingerprint density at radius 3 is 2.47 bits per heavy atom. The van der Waals surface area contributed by atoms with Gasteiger partial charge in [-0.1, -0.05) is 18.2 Å². The zero-order valence-corrected chi connectivity index (χ0v) is 8.65. The van der Waals surface area contributed by atoms with Crippen LogP contribution in [0.25, 0.3) is 11.1 Å². The number of nitrogens with two attached hydrogens (primary N) is 1. The number of amides is 1. The van der Waals surface area contributed by atoms with Crippen molar-refractivity contribution in [3.63, 3.8) is 0 Å². The first-order chi connectivity index (χ1) is 8.09. The fourth-order valence-corrected chi connectivity index (χ4v) is 1.46. The molecule has 0 bridgehead atoms. The van der Waals surface area contributed by atoms with Crippen molar-refractivity contribution in [2.24, 2.45) is 5.73 Å². The van der Waals surface area contributed by atoms with Crippen LogP contribution < -0.4 is 5.73 Å². The smallest absolute Gasteiger partial charge is 0.267 e. The molecule has 0 unspecified atom stereocenters. The summed E-state index contributed by atoms with van der Waals surface area (Å²) in [6.07, 6.45) is 0.849. The van der Waals surface area contributed by atoms with Crippen molar-refractivity contribution >= 4 is 5.91 Å². The van der Waals surface area contributed by atoms with Crippen LogP contribution in [-0.2, 0) is 0 Å². The summed E-state index contributed by atoms with van der Waals surface area (Å²) in [6, 6.07) is 6.82. The lowest BCUT2D eigenvalue weighted by Crippen LogP contribution is -2.13. The second kappa shape index (κ2) is 4.29. The number of primary amides is 1. The molecule has 5 heteroatoms. The first kappa shape index (κ1) is 11.2. The summed E-state index contributed by atoms with van der Waals surface area (Å²) in [6.45, 7) is 0. The molecule has 1 aromatic carbocycles. The molecule has 86 valence electrons. The third kappa shape index (κ3) is 2.13. The number of carbonyl (C=O) groups excluding carboxylic acids is 1. The second-order valence-electron chi connectivity index (χ2n) is 3.39. The molecule has 0 fully saturated rings. The Labute approximate surface area is 95.9 Å². The van der Waals surface area contributed by atoms with Crippen molar-refractivity contribution in [3.8, 4) is 11.1 Å². The molecular weight excluding hydrogens is 226 g/mol. The molecule has 2 N–H and O–H groups in total. The largest absolute Gasteiger partial charge is 0.364 e. The van der Waals surface area contributed by atoms with Crippen LogP contribution in [0.4, 0.5) is 8.78 Å². The van der Waals surface area contributed by atoms with E-state index in [2.05, 4.69) is 4.98 Å². The van der Waals surface area contributed by atoms with Gasteiger partial charge in [-0.25, -0.2) is 13.8 Å². The minimum absolute atomic E-state index is 0.0353. The van der Waals surface area contributed by atoms with E-state index in [9.17, 15) is 13.6 Å². The van der Waals surface area contributed by atoms with Crippen LogP contribution in [0.15, 0.2) is 36.5 Å². The molecule has 0 radical (unpaired) electrons. The number of rotatable bonds is 2. The fourth-order valence-electron chi connectivity index (χ4n) is 1.46. The predicted octanol–water partition coefficient (Wildman–Crippen LogP) is 2.13. The second-order valence-corrected chi connectivity index (χ2v) is 3.39. The van der Waals surface area contributed by atoms with Crippen LogP contribution in [0.3, 0.4) is 0 Å². The van der Waals surface area contributed by atoms with E-state index in [1.54, 1.807) is 6.07 Å². The van der Waals surface area contributed by atoms with Gasteiger partial charge < -0.3 is 5.73 Å². The van der Waals surface area contributed by atoms with Crippen molar-refractivity contribution in [1.29, 1.82) is 0 Å². The van der Waals surface area contributed by atoms with E-state index in [1.165, 1.54) is 18.2 Å². The van der Waals surface area contributed by atoms with E-state index >= 15 is 0 Å². The minimum Gasteiger partial charge on any atom is -0.364 e. The zero-order valence-electron chi connectivity index (χ0n) is 8.65. The molecule has 1 amide bonds. The Balaban J connectivity index is 2.63. The Morgan fingerprint density at radius 2 is 1.82 bits per heavy atom. The van der Waals surface area contributed by atoms with Gasteiger partial charge in [0, 0.05) is 11.1 Å². The van der Waals surface area contributed by atoms with E-state index in [1.807, 2.05) is 0 Å². The van der Waals surface area contributed by atoms with E-state index in [0.29, 0.717) is 0 Å². The van der Waals surface area contributed by atoms with Crippen molar-refractivity contribution in [1.82, 2.24) is 4.98 Å². The molecule has 0 aliphatic rings. The van der Waals surface area contributed by atoms with Crippen molar-refractivity contribution in [2.75, 3.05) is 0 Å². The highest BCUT2D eigenvalue weighted by molar-refractivity contribution is 5.92. The molecule has 0 spiro atoms.